The molecule has 0 radical (unpaired) electrons. The smallest absolute Gasteiger partial charge is 0.0768 e. The van der Waals surface area contributed by atoms with Crippen molar-refractivity contribution in [3.8, 4) is 0 Å². The monoisotopic (exact) mass is 228 g/mol. The Morgan fingerprint density at radius 1 is 1.31 bits per heavy atom. The van der Waals surface area contributed by atoms with E-state index >= 15 is 0 Å². The van der Waals surface area contributed by atoms with E-state index in [1.165, 1.54) is 25.9 Å². The quantitative estimate of drug-likeness (QED) is 0.745. The minimum atomic E-state index is -0.570. The molecule has 1 rings (SSSR count). The third kappa shape index (κ3) is 4.40. The van der Waals surface area contributed by atoms with Gasteiger partial charge in [-0.1, -0.05) is 13.8 Å². The molecule has 1 heterocycles. The van der Waals surface area contributed by atoms with Gasteiger partial charge in [-0.25, -0.2) is 0 Å². The van der Waals surface area contributed by atoms with Gasteiger partial charge in [-0.15, -0.1) is 0 Å². The lowest BCUT2D eigenvalue weighted by Gasteiger charge is -2.33. The zero-order valence-corrected chi connectivity index (χ0v) is 11.4. The van der Waals surface area contributed by atoms with Crippen molar-refractivity contribution >= 4 is 0 Å². The first-order valence-electron chi connectivity index (χ1n) is 6.55. The van der Waals surface area contributed by atoms with E-state index in [1.807, 2.05) is 6.92 Å². The van der Waals surface area contributed by atoms with Gasteiger partial charge in [0.2, 0.25) is 0 Å². The van der Waals surface area contributed by atoms with Crippen LogP contribution in [0.2, 0.25) is 0 Å². The first-order chi connectivity index (χ1) is 7.42. The third-order valence-electron chi connectivity index (χ3n) is 3.83. The molecule has 0 aromatic heterocycles. The number of nitrogens with zero attached hydrogens (tertiary/aromatic N) is 2. The molecule has 0 aromatic rings. The maximum Gasteiger partial charge on any atom is 0.0768 e. The van der Waals surface area contributed by atoms with Crippen LogP contribution in [0.1, 0.15) is 33.6 Å². The average molecular weight is 228 g/mol. The van der Waals surface area contributed by atoms with Crippen LogP contribution in [0.4, 0.5) is 0 Å². The fourth-order valence-electron chi connectivity index (χ4n) is 2.13. The van der Waals surface area contributed by atoms with E-state index in [0.29, 0.717) is 5.92 Å². The highest BCUT2D eigenvalue weighted by Crippen LogP contribution is 2.17. The molecule has 0 bridgehead atoms. The molecule has 3 nitrogen and oxygen atoms in total. The second-order valence-corrected chi connectivity index (χ2v) is 5.80. The number of rotatable bonds is 6. The predicted molar refractivity (Wildman–Crippen MR) is 68.6 cm³/mol. The summed E-state index contributed by atoms with van der Waals surface area (Å²) in [6.07, 6.45) is 2.71. The summed E-state index contributed by atoms with van der Waals surface area (Å²) in [5.41, 5.74) is -0.570. The zero-order valence-electron chi connectivity index (χ0n) is 11.4. The molecule has 3 heteroatoms. The first-order valence-corrected chi connectivity index (χ1v) is 6.55. The van der Waals surface area contributed by atoms with E-state index in [1.54, 1.807) is 0 Å². The molecule has 96 valence electrons. The van der Waals surface area contributed by atoms with E-state index in [2.05, 4.69) is 30.7 Å². The van der Waals surface area contributed by atoms with Gasteiger partial charge >= 0.3 is 0 Å². The second kappa shape index (κ2) is 5.99. The summed E-state index contributed by atoms with van der Waals surface area (Å²) < 4.78 is 0. The molecule has 1 unspecified atom stereocenters. The van der Waals surface area contributed by atoms with E-state index < -0.39 is 5.60 Å². The normalized spacial score (nSPS) is 21.9. The minimum Gasteiger partial charge on any atom is -0.389 e. The minimum absolute atomic E-state index is 0.307. The van der Waals surface area contributed by atoms with Crippen LogP contribution >= 0.6 is 0 Å². The van der Waals surface area contributed by atoms with Gasteiger partial charge in [-0.05, 0) is 45.8 Å². The Balaban J connectivity index is 2.21. The summed E-state index contributed by atoms with van der Waals surface area (Å²) in [5.74, 6) is 0.307. The predicted octanol–water partition coefficient (Wildman–Crippen LogP) is 1.42. The Kier molecular flexibility index (Phi) is 5.22. The van der Waals surface area contributed by atoms with E-state index in [0.717, 1.165) is 19.6 Å². The van der Waals surface area contributed by atoms with Gasteiger partial charge in [-0.2, -0.15) is 0 Å². The molecule has 0 spiro atoms. The van der Waals surface area contributed by atoms with Gasteiger partial charge in [0.05, 0.1) is 5.60 Å². The number of aliphatic hydroxyl groups is 1. The number of hydrogen-bond acceptors (Lipinski definition) is 3. The molecule has 1 saturated heterocycles. The zero-order chi connectivity index (χ0) is 12.2. The molecule has 0 aromatic carbocycles. The highest BCUT2D eigenvalue weighted by Gasteiger charge is 2.26. The molecule has 0 amide bonds. The Hall–Kier alpha value is -0.120. The van der Waals surface area contributed by atoms with E-state index in [9.17, 15) is 5.11 Å². The van der Waals surface area contributed by atoms with E-state index in [4.69, 9.17) is 0 Å². The Morgan fingerprint density at radius 2 is 1.88 bits per heavy atom. The molecular weight excluding hydrogens is 200 g/mol. The van der Waals surface area contributed by atoms with Crippen molar-refractivity contribution < 1.29 is 5.11 Å². The molecule has 1 atom stereocenters. The van der Waals surface area contributed by atoms with Crippen LogP contribution in [-0.2, 0) is 0 Å². The average Bonchev–Trinajstić information content (AvgIpc) is 2.66. The van der Waals surface area contributed by atoms with Gasteiger partial charge in [0, 0.05) is 19.6 Å². The lowest BCUT2D eigenvalue weighted by atomic mass is 9.92. The fraction of sp³-hybridized carbons (Fsp3) is 1.00. The van der Waals surface area contributed by atoms with Crippen molar-refractivity contribution in [3.05, 3.63) is 0 Å². The van der Waals surface area contributed by atoms with Crippen LogP contribution in [0.3, 0.4) is 0 Å². The number of likely N-dealkylation sites (N-methyl/N-ethyl adjacent to an activating group) is 1. The molecule has 1 fully saturated rings. The van der Waals surface area contributed by atoms with Crippen LogP contribution in [0.5, 0.6) is 0 Å². The summed E-state index contributed by atoms with van der Waals surface area (Å²) >= 11 is 0. The largest absolute Gasteiger partial charge is 0.389 e. The SMILES string of the molecule is CC(C)C(C)(O)CN(C)CCN1CCCC1. The molecule has 1 aliphatic heterocycles. The summed E-state index contributed by atoms with van der Waals surface area (Å²) in [7, 11) is 2.10. The highest BCUT2D eigenvalue weighted by atomic mass is 16.3. The topological polar surface area (TPSA) is 26.7 Å². The lowest BCUT2D eigenvalue weighted by Crippen LogP contribution is -2.45. The van der Waals surface area contributed by atoms with Crippen LogP contribution < -0.4 is 0 Å². The summed E-state index contributed by atoms with van der Waals surface area (Å²) in [6.45, 7) is 11.6. The van der Waals surface area contributed by atoms with E-state index in [-0.39, 0.29) is 0 Å². The van der Waals surface area contributed by atoms with Crippen LogP contribution in [0.25, 0.3) is 0 Å². The van der Waals surface area contributed by atoms with Gasteiger partial charge in [-0.3, -0.25) is 0 Å². The lowest BCUT2D eigenvalue weighted by molar-refractivity contribution is -0.0141. The van der Waals surface area contributed by atoms with Crippen molar-refractivity contribution in [2.45, 2.75) is 39.2 Å². The number of hydrogen-bond donors (Lipinski definition) is 1. The Morgan fingerprint density at radius 3 is 2.38 bits per heavy atom. The second-order valence-electron chi connectivity index (χ2n) is 5.80. The van der Waals surface area contributed by atoms with Gasteiger partial charge < -0.3 is 14.9 Å². The van der Waals surface area contributed by atoms with Crippen LogP contribution in [-0.4, -0.2) is 60.3 Å². The van der Waals surface area contributed by atoms with Gasteiger partial charge in [0.25, 0.3) is 0 Å². The van der Waals surface area contributed by atoms with Crippen LogP contribution in [0, 0.1) is 5.92 Å². The molecule has 0 saturated carbocycles. The van der Waals surface area contributed by atoms with Crippen molar-refractivity contribution in [2.75, 3.05) is 39.8 Å². The highest BCUT2D eigenvalue weighted by molar-refractivity contribution is 4.80. The fourth-order valence-corrected chi connectivity index (χ4v) is 2.13. The van der Waals surface area contributed by atoms with Crippen molar-refractivity contribution in [2.24, 2.45) is 5.92 Å². The summed E-state index contributed by atoms with van der Waals surface area (Å²) in [5, 5.41) is 10.2. The third-order valence-corrected chi connectivity index (χ3v) is 3.83. The maximum atomic E-state index is 10.2. The standard InChI is InChI=1S/C13H28N2O/c1-12(2)13(3,16)11-14(4)9-10-15-7-5-6-8-15/h12,16H,5-11H2,1-4H3. The molecule has 0 aliphatic carbocycles. The summed E-state index contributed by atoms with van der Waals surface area (Å²) in [6, 6.07) is 0. The van der Waals surface area contributed by atoms with Crippen molar-refractivity contribution in [1.82, 2.24) is 9.80 Å². The van der Waals surface area contributed by atoms with Crippen molar-refractivity contribution in [3.63, 3.8) is 0 Å². The summed E-state index contributed by atoms with van der Waals surface area (Å²) in [4.78, 5) is 4.76. The number of likely N-dealkylation sites (tertiary alicyclic amines) is 1. The molecular formula is C13H28N2O. The Bertz CT molecular complexity index is 198. The maximum absolute atomic E-state index is 10.2. The Labute approximate surface area is 100 Å². The van der Waals surface area contributed by atoms with Gasteiger partial charge in [0.15, 0.2) is 0 Å². The molecule has 16 heavy (non-hydrogen) atoms. The molecule has 1 aliphatic rings. The first kappa shape index (κ1) is 13.9. The van der Waals surface area contributed by atoms with Gasteiger partial charge in [0.1, 0.15) is 0 Å². The molecule has 1 N–H and O–H groups in total. The van der Waals surface area contributed by atoms with Crippen molar-refractivity contribution in [1.29, 1.82) is 0 Å². The van der Waals surface area contributed by atoms with Crippen LogP contribution in [0.15, 0.2) is 0 Å².